The maximum Gasteiger partial charge on any atom is 0.192 e. The molecule has 3 aromatic rings. The molecule has 1 aromatic heterocycles. The molecule has 0 amide bonds. The van der Waals surface area contributed by atoms with Gasteiger partial charge in [0.1, 0.15) is 0 Å². The van der Waals surface area contributed by atoms with Crippen LogP contribution in [0.3, 0.4) is 0 Å². The summed E-state index contributed by atoms with van der Waals surface area (Å²) in [7, 11) is -1.94. The van der Waals surface area contributed by atoms with E-state index in [1.807, 2.05) is 42.5 Å². The van der Waals surface area contributed by atoms with Gasteiger partial charge >= 0.3 is 0 Å². The molecule has 0 aliphatic carbocycles. The van der Waals surface area contributed by atoms with E-state index in [2.05, 4.69) is 46.0 Å². The van der Waals surface area contributed by atoms with E-state index in [-0.39, 0.29) is 11.0 Å². The summed E-state index contributed by atoms with van der Waals surface area (Å²) < 4.78 is 12.6. The molecule has 5 nitrogen and oxygen atoms in total. The van der Waals surface area contributed by atoms with Gasteiger partial charge in [-0.3, -0.25) is 4.98 Å². The van der Waals surface area contributed by atoms with Crippen LogP contribution in [0.5, 0.6) is 0 Å². The topological polar surface area (TPSA) is 83.4 Å². The summed E-state index contributed by atoms with van der Waals surface area (Å²) >= 11 is 0. The van der Waals surface area contributed by atoms with Crippen molar-refractivity contribution in [1.82, 2.24) is 4.98 Å². The van der Waals surface area contributed by atoms with Gasteiger partial charge in [-0.15, -0.1) is 0 Å². The number of hydrogen-bond acceptors (Lipinski definition) is 5. The number of rotatable bonds is 8. The molecule has 0 saturated carbocycles. The minimum Gasteiger partial charge on any atom is -0.416 e. The number of fused-ring (bicyclic) bond motifs is 1. The molecular formula is C25H35N3O2Si. The summed E-state index contributed by atoms with van der Waals surface area (Å²) in [6, 6.07) is 18.0. The van der Waals surface area contributed by atoms with Crippen LogP contribution >= 0.6 is 0 Å². The van der Waals surface area contributed by atoms with Gasteiger partial charge in [-0.05, 0) is 29.8 Å². The fourth-order valence-corrected chi connectivity index (χ4v) is 4.26. The van der Waals surface area contributed by atoms with E-state index in [1.165, 1.54) is 0 Å². The predicted octanol–water partition coefficient (Wildman–Crippen LogP) is 5.72. The number of hydrogen-bond donors (Lipinski definition) is 2. The van der Waals surface area contributed by atoms with E-state index in [0.717, 1.165) is 22.2 Å². The maximum atomic E-state index is 6.54. The van der Waals surface area contributed by atoms with Crippen molar-refractivity contribution in [3.05, 3.63) is 65.9 Å². The average molecular weight is 438 g/mol. The SMILES string of the molecule is CC(C)(C)[Si](C)(C)OC[C@H](COCc1ccccc1)c1nc2ccccc2c(N)c1N. The first-order valence-corrected chi connectivity index (χ1v) is 13.7. The molecule has 4 N–H and O–H groups in total. The van der Waals surface area contributed by atoms with Crippen molar-refractivity contribution in [2.24, 2.45) is 0 Å². The zero-order valence-corrected chi connectivity index (χ0v) is 20.3. The summed E-state index contributed by atoms with van der Waals surface area (Å²) in [5, 5.41) is 0.988. The number of nitrogen functional groups attached to an aromatic ring is 2. The molecule has 31 heavy (non-hydrogen) atoms. The Balaban J connectivity index is 1.87. The Morgan fingerprint density at radius 2 is 1.55 bits per heavy atom. The molecule has 166 valence electrons. The van der Waals surface area contributed by atoms with E-state index in [0.29, 0.717) is 31.2 Å². The van der Waals surface area contributed by atoms with Crippen LogP contribution in [-0.4, -0.2) is 26.5 Å². The zero-order valence-electron chi connectivity index (χ0n) is 19.3. The highest BCUT2D eigenvalue weighted by molar-refractivity contribution is 6.74. The van der Waals surface area contributed by atoms with Gasteiger partial charge in [0.15, 0.2) is 8.32 Å². The summed E-state index contributed by atoms with van der Waals surface area (Å²) in [6.45, 7) is 12.7. The van der Waals surface area contributed by atoms with Gasteiger partial charge in [-0.1, -0.05) is 69.3 Å². The molecule has 0 spiro atoms. The smallest absolute Gasteiger partial charge is 0.192 e. The Labute approximate surface area is 186 Å². The molecule has 2 aromatic carbocycles. The molecule has 0 unspecified atom stereocenters. The highest BCUT2D eigenvalue weighted by atomic mass is 28.4. The van der Waals surface area contributed by atoms with Crippen molar-refractivity contribution in [1.29, 1.82) is 0 Å². The Kier molecular flexibility index (Phi) is 7.04. The van der Waals surface area contributed by atoms with Crippen LogP contribution in [0.2, 0.25) is 18.1 Å². The van der Waals surface area contributed by atoms with Gasteiger partial charge < -0.3 is 20.6 Å². The standard InChI is InChI=1S/C25H35N3O2Si/c1-25(2,3)31(4,5)30-17-19(16-29-15-18-11-7-6-8-12-18)24-23(27)22(26)20-13-9-10-14-21(20)28-24/h6-14,19H,15-17,27H2,1-5H3,(H2,26,28)/t19-/m0/s1. The van der Waals surface area contributed by atoms with Gasteiger partial charge in [0, 0.05) is 17.9 Å². The third-order valence-electron chi connectivity index (χ3n) is 6.27. The Bertz CT molecular complexity index is 1020. The molecule has 0 aliphatic heterocycles. The van der Waals surface area contributed by atoms with E-state index in [9.17, 15) is 0 Å². The summed E-state index contributed by atoms with van der Waals surface area (Å²) in [6.07, 6.45) is 0. The third kappa shape index (κ3) is 5.45. The van der Waals surface area contributed by atoms with Gasteiger partial charge in [0.2, 0.25) is 0 Å². The van der Waals surface area contributed by atoms with E-state index in [1.54, 1.807) is 0 Å². The molecule has 6 heteroatoms. The number of ether oxygens (including phenoxy) is 1. The highest BCUT2D eigenvalue weighted by Crippen LogP contribution is 2.38. The number of nitrogens with zero attached hydrogens (tertiary/aromatic N) is 1. The second-order valence-electron chi connectivity index (χ2n) is 9.61. The lowest BCUT2D eigenvalue weighted by atomic mass is 10.0. The summed E-state index contributed by atoms with van der Waals surface area (Å²) in [5.74, 6) is -0.107. The Morgan fingerprint density at radius 1 is 0.903 bits per heavy atom. The fourth-order valence-electron chi connectivity index (χ4n) is 3.21. The van der Waals surface area contributed by atoms with E-state index < -0.39 is 8.32 Å². The summed E-state index contributed by atoms with van der Waals surface area (Å²) in [4.78, 5) is 4.87. The number of para-hydroxylation sites is 1. The van der Waals surface area contributed by atoms with Crippen LogP contribution in [-0.2, 0) is 15.8 Å². The van der Waals surface area contributed by atoms with Crippen LogP contribution in [0.15, 0.2) is 54.6 Å². The van der Waals surface area contributed by atoms with Crippen LogP contribution in [0.1, 0.15) is 37.9 Å². The minimum atomic E-state index is -1.94. The van der Waals surface area contributed by atoms with Crippen molar-refractivity contribution < 1.29 is 9.16 Å². The molecule has 1 atom stereocenters. The number of anilines is 2. The largest absolute Gasteiger partial charge is 0.416 e. The quantitative estimate of drug-likeness (QED) is 0.440. The number of benzene rings is 2. The van der Waals surface area contributed by atoms with Crippen LogP contribution in [0.4, 0.5) is 11.4 Å². The van der Waals surface area contributed by atoms with Crippen molar-refractivity contribution in [3.8, 4) is 0 Å². The lowest BCUT2D eigenvalue weighted by Gasteiger charge is -2.37. The van der Waals surface area contributed by atoms with Crippen LogP contribution in [0.25, 0.3) is 10.9 Å². The molecule has 0 saturated heterocycles. The van der Waals surface area contributed by atoms with Gasteiger partial charge in [0.05, 0.1) is 35.8 Å². The molecule has 0 bridgehead atoms. The first-order valence-electron chi connectivity index (χ1n) is 10.8. The zero-order chi connectivity index (χ0) is 22.6. The number of nitrogens with two attached hydrogens (primary N) is 2. The minimum absolute atomic E-state index is 0.107. The summed E-state index contributed by atoms with van der Waals surface area (Å²) in [5.41, 5.74) is 16.7. The van der Waals surface area contributed by atoms with Crippen molar-refractivity contribution in [2.45, 2.75) is 51.4 Å². The van der Waals surface area contributed by atoms with Crippen LogP contribution < -0.4 is 11.5 Å². The number of pyridine rings is 1. The molecule has 1 heterocycles. The normalized spacial score (nSPS) is 13.5. The highest BCUT2D eigenvalue weighted by Gasteiger charge is 2.38. The van der Waals surface area contributed by atoms with Crippen molar-refractivity contribution in [2.75, 3.05) is 24.7 Å². The second kappa shape index (κ2) is 9.38. The van der Waals surface area contributed by atoms with Crippen molar-refractivity contribution in [3.63, 3.8) is 0 Å². The molecular weight excluding hydrogens is 402 g/mol. The van der Waals surface area contributed by atoms with E-state index >= 15 is 0 Å². The molecule has 3 rings (SSSR count). The lowest BCUT2D eigenvalue weighted by Crippen LogP contribution is -2.42. The fraction of sp³-hybridized carbons (Fsp3) is 0.400. The molecule has 0 radical (unpaired) electrons. The van der Waals surface area contributed by atoms with Gasteiger partial charge in [-0.2, -0.15) is 0 Å². The van der Waals surface area contributed by atoms with Gasteiger partial charge in [0.25, 0.3) is 0 Å². The average Bonchev–Trinajstić information content (AvgIpc) is 2.73. The maximum absolute atomic E-state index is 6.54. The third-order valence-corrected chi connectivity index (χ3v) is 10.8. The second-order valence-corrected chi connectivity index (χ2v) is 14.4. The Morgan fingerprint density at radius 3 is 2.23 bits per heavy atom. The number of aromatic nitrogens is 1. The first kappa shape index (κ1) is 23.3. The predicted molar refractivity (Wildman–Crippen MR) is 133 cm³/mol. The lowest BCUT2D eigenvalue weighted by molar-refractivity contribution is 0.0890. The monoisotopic (exact) mass is 437 g/mol. The molecule has 0 aliphatic rings. The molecule has 0 fully saturated rings. The van der Waals surface area contributed by atoms with Gasteiger partial charge in [-0.25, -0.2) is 0 Å². The van der Waals surface area contributed by atoms with Crippen molar-refractivity contribution >= 4 is 30.6 Å². The first-order chi connectivity index (χ1) is 14.6. The Hall–Kier alpha value is -2.41. The van der Waals surface area contributed by atoms with E-state index in [4.69, 9.17) is 25.6 Å². The van der Waals surface area contributed by atoms with Crippen LogP contribution in [0, 0.1) is 0 Å².